The van der Waals surface area contributed by atoms with Gasteiger partial charge in [0.2, 0.25) is 0 Å². The van der Waals surface area contributed by atoms with E-state index in [0.29, 0.717) is 5.92 Å². The highest BCUT2D eigenvalue weighted by Gasteiger charge is 2.14. The number of H-pyrrole nitrogens is 1. The second-order valence-corrected chi connectivity index (χ2v) is 6.01. The number of benzene rings is 2. The van der Waals surface area contributed by atoms with Gasteiger partial charge in [0.15, 0.2) is 0 Å². The van der Waals surface area contributed by atoms with Crippen LogP contribution in [0.15, 0.2) is 54.7 Å². The third-order valence-electron chi connectivity index (χ3n) is 4.18. The molecule has 2 nitrogen and oxygen atoms in total. The minimum Gasteiger partial charge on any atom is -0.361 e. The molecule has 0 unspecified atom stereocenters. The van der Waals surface area contributed by atoms with Crippen LogP contribution in [0.3, 0.4) is 0 Å². The highest BCUT2D eigenvalue weighted by atomic mass is 19.1. The zero-order valence-corrected chi connectivity index (χ0v) is 12.6. The van der Waals surface area contributed by atoms with Crippen molar-refractivity contribution in [2.75, 3.05) is 0 Å². The first-order valence-electron chi connectivity index (χ1n) is 7.52. The maximum absolute atomic E-state index is 13.3. The largest absolute Gasteiger partial charge is 0.361 e. The number of fused-ring (bicyclic) bond motifs is 2. The quantitative estimate of drug-likeness (QED) is 0.512. The van der Waals surface area contributed by atoms with Crippen molar-refractivity contribution in [2.45, 2.75) is 19.8 Å². The molecule has 0 aliphatic carbocycles. The van der Waals surface area contributed by atoms with Crippen LogP contribution in [0.5, 0.6) is 0 Å². The SMILES string of the molecule is CC(C)c1cc2cc3[nH]ccc3cc2n1-c1ccc(F)cc1. The summed E-state index contributed by atoms with van der Waals surface area (Å²) in [4.78, 5) is 3.26. The minimum atomic E-state index is -0.209. The molecule has 3 heteroatoms. The normalized spacial score (nSPS) is 11.8. The van der Waals surface area contributed by atoms with E-state index in [2.05, 4.69) is 47.7 Å². The molecule has 4 aromatic rings. The summed E-state index contributed by atoms with van der Waals surface area (Å²) in [5.74, 6) is 0.176. The van der Waals surface area contributed by atoms with E-state index < -0.39 is 0 Å². The van der Waals surface area contributed by atoms with Crippen molar-refractivity contribution in [1.29, 1.82) is 0 Å². The van der Waals surface area contributed by atoms with Crippen LogP contribution in [-0.2, 0) is 0 Å². The number of aromatic nitrogens is 2. The Morgan fingerprint density at radius 1 is 0.955 bits per heavy atom. The number of aromatic amines is 1. The highest BCUT2D eigenvalue weighted by molar-refractivity contribution is 5.97. The van der Waals surface area contributed by atoms with Crippen LogP contribution in [0, 0.1) is 5.82 Å². The van der Waals surface area contributed by atoms with Crippen LogP contribution in [0.25, 0.3) is 27.5 Å². The summed E-state index contributed by atoms with van der Waals surface area (Å²) >= 11 is 0. The molecule has 0 atom stereocenters. The lowest BCUT2D eigenvalue weighted by Crippen LogP contribution is -2.01. The van der Waals surface area contributed by atoms with Crippen molar-refractivity contribution >= 4 is 21.8 Å². The van der Waals surface area contributed by atoms with Gasteiger partial charge < -0.3 is 9.55 Å². The Hall–Kier alpha value is -2.55. The zero-order chi connectivity index (χ0) is 15.3. The van der Waals surface area contributed by atoms with E-state index in [0.717, 1.165) is 16.7 Å². The van der Waals surface area contributed by atoms with E-state index in [1.54, 1.807) is 0 Å². The second-order valence-electron chi connectivity index (χ2n) is 6.01. The van der Waals surface area contributed by atoms with Gasteiger partial charge in [-0.25, -0.2) is 4.39 Å². The summed E-state index contributed by atoms with van der Waals surface area (Å²) in [5.41, 5.74) is 4.52. The summed E-state index contributed by atoms with van der Waals surface area (Å²) in [6.45, 7) is 4.36. The molecule has 0 bridgehead atoms. The van der Waals surface area contributed by atoms with Gasteiger partial charge in [-0.1, -0.05) is 13.8 Å². The van der Waals surface area contributed by atoms with Crippen LogP contribution in [0.2, 0.25) is 0 Å². The Kier molecular flexibility index (Phi) is 2.83. The van der Waals surface area contributed by atoms with Gasteiger partial charge in [0.05, 0.1) is 5.52 Å². The molecule has 0 amide bonds. The Morgan fingerprint density at radius 2 is 1.73 bits per heavy atom. The Balaban J connectivity index is 2.08. The molecule has 0 aliphatic heterocycles. The maximum Gasteiger partial charge on any atom is 0.123 e. The Labute approximate surface area is 128 Å². The number of halogens is 1. The molecule has 4 rings (SSSR count). The first-order chi connectivity index (χ1) is 10.6. The van der Waals surface area contributed by atoms with Crippen molar-refractivity contribution in [3.63, 3.8) is 0 Å². The fraction of sp³-hybridized carbons (Fsp3) is 0.158. The first kappa shape index (κ1) is 13.1. The Morgan fingerprint density at radius 3 is 2.45 bits per heavy atom. The molecule has 2 aromatic heterocycles. The fourth-order valence-corrected chi connectivity index (χ4v) is 3.08. The van der Waals surface area contributed by atoms with E-state index in [9.17, 15) is 4.39 Å². The van der Waals surface area contributed by atoms with E-state index in [-0.39, 0.29) is 5.82 Å². The summed E-state index contributed by atoms with van der Waals surface area (Å²) in [6.07, 6.45) is 1.95. The summed E-state index contributed by atoms with van der Waals surface area (Å²) < 4.78 is 15.5. The van der Waals surface area contributed by atoms with Crippen molar-refractivity contribution in [3.05, 3.63) is 66.2 Å². The van der Waals surface area contributed by atoms with Crippen LogP contribution in [-0.4, -0.2) is 9.55 Å². The molecule has 2 aromatic carbocycles. The molecule has 0 radical (unpaired) electrons. The van der Waals surface area contributed by atoms with Crippen molar-refractivity contribution in [3.8, 4) is 5.69 Å². The van der Waals surface area contributed by atoms with E-state index in [1.165, 1.54) is 28.6 Å². The van der Waals surface area contributed by atoms with Crippen LogP contribution >= 0.6 is 0 Å². The third kappa shape index (κ3) is 1.93. The van der Waals surface area contributed by atoms with Crippen LogP contribution in [0.4, 0.5) is 4.39 Å². The van der Waals surface area contributed by atoms with Gasteiger partial charge in [-0.3, -0.25) is 0 Å². The average Bonchev–Trinajstić information content (AvgIpc) is 3.09. The molecule has 110 valence electrons. The van der Waals surface area contributed by atoms with Gasteiger partial charge in [0, 0.05) is 33.9 Å². The van der Waals surface area contributed by atoms with Gasteiger partial charge in [-0.2, -0.15) is 0 Å². The van der Waals surface area contributed by atoms with Gasteiger partial charge in [-0.15, -0.1) is 0 Å². The number of hydrogen-bond acceptors (Lipinski definition) is 0. The second kappa shape index (κ2) is 4.73. The number of hydrogen-bond donors (Lipinski definition) is 1. The van der Waals surface area contributed by atoms with E-state index in [4.69, 9.17) is 0 Å². The Bertz CT molecular complexity index is 958. The van der Waals surface area contributed by atoms with Crippen molar-refractivity contribution in [1.82, 2.24) is 9.55 Å². The highest BCUT2D eigenvalue weighted by Crippen LogP contribution is 2.31. The lowest BCUT2D eigenvalue weighted by Gasteiger charge is -2.13. The predicted molar refractivity (Wildman–Crippen MR) is 89.2 cm³/mol. The van der Waals surface area contributed by atoms with Crippen LogP contribution in [0.1, 0.15) is 25.5 Å². The van der Waals surface area contributed by atoms with Crippen molar-refractivity contribution < 1.29 is 4.39 Å². The molecular formula is C19H17FN2. The topological polar surface area (TPSA) is 20.7 Å². The smallest absolute Gasteiger partial charge is 0.123 e. The zero-order valence-electron chi connectivity index (χ0n) is 12.6. The average molecular weight is 292 g/mol. The van der Waals surface area contributed by atoms with Gasteiger partial charge >= 0.3 is 0 Å². The molecule has 22 heavy (non-hydrogen) atoms. The fourth-order valence-electron chi connectivity index (χ4n) is 3.08. The summed E-state index contributed by atoms with van der Waals surface area (Å²) in [6, 6.07) is 15.4. The van der Waals surface area contributed by atoms with Crippen LogP contribution < -0.4 is 0 Å². The van der Waals surface area contributed by atoms with E-state index in [1.807, 2.05) is 18.3 Å². The van der Waals surface area contributed by atoms with Gasteiger partial charge in [0.25, 0.3) is 0 Å². The predicted octanol–water partition coefficient (Wildman–Crippen LogP) is 5.37. The summed E-state index contributed by atoms with van der Waals surface area (Å²) in [5, 5.41) is 2.38. The first-order valence-corrected chi connectivity index (χ1v) is 7.52. The number of nitrogens with zero attached hydrogens (tertiary/aromatic N) is 1. The minimum absolute atomic E-state index is 0.209. The van der Waals surface area contributed by atoms with Crippen molar-refractivity contribution in [2.24, 2.45) is 0 Å². The van der Waals surface area contributed by atoms with Gasteiger partial charge in [0.1, 0.15) is 5.82 Å². The lowest BCUT2D eigenvalue weighted by molar-refractivity contribution is 0.627. The molecule has 0 spiro atoms. The molecule has 2 heterocycles. The summed E-state index contributed by atoms with van der Waals surface area (Å²) in [7, 11) is 0. The number of nitrogens with one attached hydrogen (secondary N) is 1. The molecule has 0 fully saturated rings. The molecule has 0 saturated carbocycles. The molecule has 1 N–H and O–H groups in total. The molecule has 0 saturated heterocycles. The van der Waals surface area contributed by atoms with E-state index >= 15 is 0 Å². The molecule has 0 aliphatic rings. The lowest BCUT2D eigenvalue weighted by atomic mass is 10.1. The monoisotopic (exact) mass is 292 g/mol. The van der Waals surface area contributed by atoms with Gasteiger partial charge in [-0.05, 0) is 54.4 Å². The molecular weight excluding hydrogens is 275 g/mol. The maximum atomic E-state index is 13.3. The third-order valence-corrected chi connectivity index (χ3v) is 4.18. The number of rotatable bonds is 2. The standard InChI is InChI=1S/C19H17FN2/c1-12(2)18-11-14-9-17-13(7-8-21-17)10-19(14)22(18)16-5-3-15(20)4-6-16/h3-12,21H,1-2H3.